The number of rotatable bonds is 2. The molecule has 2 aromatic rings. The zero-order valence-electron chi connectivity index (χ0n) is 12.2. The Hall–Kier alpha value is -0.780. The average molecular weight is 365 g/mol. The van der Waals surface area contributed by atoms with Crippen LogP contribution in [-0.2, 0) is 0 Å². The number of β-amino-alcohol motifs (C(OH)–C–C–N with tert-alkyl or cyclic N) is 1. The van der Waals surface area contributed by atoms with Crippen molar-refractivity contribution in [2.45, 2.75) is 25.5 Å². The van der Waals surface area contributed by atoms with E-state index in [-0.39, 0.29) is 37.0 Å². The Labute approximate surface area is 147 Å². The van der Waals surface area contributed by atoms with E-state index < -0.39 is 0 Å². The summed E-state index contributed by atoms with van der Waals surface area (Å²) >= 11 is 6.15. The number of hydrogen-bond donors (Lipinski definition) is 3. The second kappa shape index (κ2) is 8.18. The van der Waals surface area contributed by atoms with Gasteiger partial charge in [0.1, 0.15) is 0 Å². The molecule has 22 heavy (non-hydrogen) atoms. The largest absolute Gasteiger partial charge is 0.390 e. The van der Waals surface area contributed by atoms with Gasteiger partial charge in [-0.15, -0.1) is 24.8 Å². The lowest BCUT2D eigenvalue weighted by Crippen LogP contribution is -2.47. The smallest absolute Gasteiger partial charge is 0.0865 e. The summed E-state index contributed by atoms with van der Waals surface area (Å²) in [6.07, 6.45) is 2.30. The van der Waals surface area contributed by atoms with Crippen molar-refractivity contribution in [1.82, 2.24) is 10.3 Å². The Morgan fingerprint density at radius 3 is 2.86 bits per heavy atom. The third kappa shape index (κ3) is 3.94. The minimum atomic E-state index is -0.382. The molecule has 0 bridgehead atoms. The van der Waals surface area contributed by atoms with E-state index in [0.717, 1.165) is 35.1 Å². The molecule has 0 radical (unpaired) electrons. The van der Waals surface area contributed by atoms with Crippen molar-refractivity contribution in [3.05, 3.63) is 35.0 Å². The van der Waals surface area contributed by atoms with Crippen molar-refractivity contribution in [2.75, 3.05) is 18.4 Å². The summed E-state index contributed by atoms with van der Waals surface area (Å²) < 4.78 is 0. The second-order valence-electron chi connectivity index (χ2n) is 5.29. The predicted molar refractivity (Wildman–Crippen MR) is 96.9 cm³/mol. The fourth-order valence-corrected chi connectivity index (χ4v) is 3.00. The quantitative estimate of drug-likeness (QED) is 0.766. The molecule has 0 unspecified atom stereocenters. The number of pyridine rings is 1. The van der Waals surface area contributed by atoms with Crippen molar-refractivity contribution in [3.8, 4) is 0 Å². The highest BCUT2D eigenvalue weighted by molar-refractivity contribution is 6.31. The van der Waals surface area contributed by atoms with E-state index in [1.165, 1.54) is 0 Å². The highest BCUT2D eigenvalue weighted by Gasteiger charge is 2.23. The summed E-state index contributed by atoms with van der Waals surface area (Å²) in [6, 6.07) is 5.83. The molecule has 3 rings (SSSR count). The minimum Gasteiger partial charge on any atom is -0.390 e. The molecular formula is C15H20Cl3N3O. The number of anilines is 1. The number of aryl methyl sites for hydroxylation is 1. The lowest BCUT2D eigenvalue weighted by molar-refractivity contribution is 0.128. The monoisotopic (exact) mass is 363 g/mol. The summed E-state index contributed by atoms with van der Waals surface area (Å²) in [4.78, 5) is 4.42. The number of aromatic nitrogens is 1. The van der Waals surface area contributed by atoms with Crippen molar-refractivity contribution >= 4 is 53.0 Å². The van der Waals surface area contributed by atoms with Crippen LogP contribution in [0.4, 0.5) is 5.69 Å². The van der Waals surface area contributed by atoms with Gasteiger partial charge in [0.15, 0.2) is 0 Å². The van der Waals surface area contributed by atoms with Crippen LogP contribution in [0.5, 0.6) is 0 Å². The molecule has 1 aromatic carbocycles. The van der Waals surface area contributed by atoms with Crippen molar-refractivity contribution in [1.29, 1.82) is 0 Å². The fourth-order valence-electron chi connectivity index (χ4n) is 2.72. The van der Waals surface area contributed by atoms with E-state index in [2.05, 4.69) is 15.6 Å². The standard InChI is InChI=1S/C15H18ClN3O.2ClH/c1-9-6-10(16)7-11-12(3-5-18-15(9)11)19-13-2-4-17-8-14(13)20;;/h3,5-7,13-14,17,20H,2,4,8H2,1H3,(H,18,19);2*1H/t13-,14-;;/m1../s1. The first-order valence-corrected chi connectivity index (χ1v) is 7.23. The minimum absolute atomic E-state index is 0. The van der Waals surface area contributed by atoms with E-state index in [0.29, 0.717) is 11.6 Å². The Balaban J connectivity index is 0.00000121. The molecule has 1 fully saturated rings. The molecule has 1 aliphatic rings. The lowest BCUT2D eigenvalue weighted by Gasteiger charge is -2.30. The Morgan fingerprint density at radius 1 is 1.36 bits per heavy atom. The molecule has 1 aromatic heterocycles. The van der Waals surface area contributed by atoms with Crippen LogP contribution in [0.25, 0.3) is 10.9 Å². The predicted octanol–water partition coefficient (Wildman–Crippen LogP) is 3.17. The third-order valence-electron chi connectivity index (χ3n) is 3.79. The van der Waals surface area contributed by atoms with Crippen LogP contribution < -0.4 is 10.6 Å². The van der Waals surface area contributed by atoms with Gasteiger partial charge in [0.2, 0.25) is 0 Å². The number of aliphatic hydroxyl groups excluding tert-OH is 1. The van der Waals surface area contributed by atoms with Gasteiger partial charge in [-0.3, -0.25) is 4.98 Å². The second-order valence-corrected chi connectivity index (χ2v) is 5.72. The zero-order valence-corrected chi connectivity index (χ0v) is 14.6. The van der Waals surface area contributed by atoms with Gasteiger partial charge in [0.25, 0.3) is 0 Å². The molecule has 0 aliphatic carbocycles. The molecule has 2 atom stereocenters. The molecule has 1 aliphatic heterocycles. The molecule has 4 nitrogen and oxygen atoms in total. The first-order chi connectivity index (χ1) is 9.65. The molecule has 0 amide bonds. The Bertz CT molecular complexity index is 639. The van der Waals surface area contributed by atoms with E-state index in [1.807, 2.05) is 25.1 Å². The number of halogens is 3. The summed E-state index contributed by atoms with van der Waals surface area (Å²) in [5.41, 5.74) is 2.98. The number of aliphatic hydroxyl groups is 1. The summed E-state index contributed by atoms with van der Waals surface area (Å²) in [7, 11) is 0. The van der Waals surface area contributed by atoms with Crippen LogP contribution in [0.15, 0.2) is 24.4 Å². The molecule has 2 heterocycles. The van der Waals surface area contributed by atoms with Crippen LogP contribution >= 0.6 is 36.4 Å². The first-order valence-electron chi connectivity index (χ1n) is 6.85. The van der Waals surface area contributed by atoms with Crippen LogP contribution in [-0.4, -0.2) is 35.3 Å². The van der Waals surface area contributed by atoms with Crippen LogP contribution in [0.2, 0.25) is 5.02 Å². The molecule has 122 valence electrons. The van der Waals surface area contributed by atoms with Gasteiger partial charge in [-0.1, -0.05) is 11.6 Å². The lowest BCUT2D eigenvalue weighted by atomic mass is 10.0. The summed E-state index contributed by atoms with van der Waals surface area (Å²) in [5, 5.41) is 18.4. The van der Waals surface area contributed by atoms with Gasteiger partial charge in [-0.05, 0) is 43.7 Å². The van der Waals surface area contributed by atoms with Crippen molar-refractivity contribution in [2.24, 2.45) is 0 Å². The van der Waals surface area contributed by atoms with E-state index in [4.69, 9.17) is 11.6 Å². The maximum atomic E-state index is 10.0. The van der Waals surface area contributed by atoms with E-state index in [1.54, 1.807) is 6.20 Å². The molecule has 7 heteroatoms. The number of nitrogens with zero attached hydrogens (tertiary/aromatic N) is 1. The van der Waals surface area contributed by atoms with Crippen molar-refractivity contribution in [3.63, 3.8) is 0 Å². The van der Waals surface area contributed by atoms with Crippen LogP contribution in [0, 0.1) is 6.92 Å². The summed E-state index contributed by atoms with van der Waals surface area (Å²) in [5.74, 6) is 0. The zero-order chi connectivity index (χ0) is 14.1. The number of nitrogens with one attached hydrogen (secondary N) is 2. The number of piperidine rings is 1. The average Bonchev–Trinajstić information content (AvgIpc) is 2.42. The van der Waals surface area contributed by atoms with Gasteiger partial charge in [-0.2, -0.15) is 0 Å². The van der Waals surface area contributed by atoms with Gasteiger partial charge in [0.05, 0.1) is 17.7 Å². The van der Waals surface area contributed by atoms with Gasteiger partial charge >= 0.3 is 0 Å². The maximum absolute atomic E-state index is 10.0. The van der Waals surface area contributed by atoms with Crippen molar-refractivity contribution < 1.29 is 5.11 Å². The number of benzene rings is 1. The van der Waals surface area contributed by atoms with Crippen LogP contribution in [0.1, 0.15) is 12.0 Å². The number of hydrogen-bond acceptors (Lipinski definition) is 4. The first kappa shape index (κ1) is 19.3. The molecule has 1 saturated heterocycles. The highest BCUT2D eigenvalue weighted by Crippen LogP contribution is 2.28. The van der Waals surface area contributed by atoms with Crippen LogP contribution in [0.3, 0.4) is 0 Å². The molecule has 0 spiro atoms. The molecule has 0 saturated carbocycles. The third-order valence-corrected chi connectivity index (χ3v) is 4.01. The molecular weight excluding hydrogens is 345 g/mol. The normalized spacial score (nSPS) is 20.9. The topological polar surface area (TPSA) is 57.2 Å². The van der Waals surface area contributed by atoms with Gasteiger partial charge in [-0.25, -0.2) is 0 Å². The van der Waals surface area contributed by atoms with E-state index >= 15 is 0 Å². The Kier molecular flexibility index (Phi) is 7.16. The maximum Gasteiger partial charge on any atom is 0.0865 e. The summed E-state index contributed by atoms with van der Waals surface area (Å²) in [6.45, 7) is 3.54. The molecule has 3 N–H and O–H groups in total. The van der Waals surface area contributed by atoms with Gasteiger partial charge in [0, 0.05) is 28.8 Å². The SMILES string of the molecule is Cc1cc(Cl)cc2c(N[C@@H]3CCNC[C@H]3O)ccnc12.Cl.Cl. The number of fused-ring (bicyclic) bond motifs is 1. The highest BCUT2D eigenvalue weighted by atomic mass is 35.5. The fraction of sp³-hybridized carbons (Fsp3) is 0.400. The van der Waals surface area contributed by atoms with Gasteiger partial charge < -0.3 is 15.7 Å². The van der Waals surface area contributed by atoms with E-state index in [9.17, 15) is 5.11 Å². The Morgan fingerprint density at radius 2 is 2.14 bits per heavy atom.